The van der Waals surface area contributed by atoms with Gasteiger partial charge in [-0.1, -0.05) is 30.3 Å². The van der Waals surface area contributed by atoms with E-state index in [0.717, 1.165) is 5.56 Å². The van der Waals surface area contributed by atoms with Gasteiger partial charge < -0.3 is 20.9 Å². The lowest BCUT2D eigenvalue weighted by atomic mass is 10.2. The zero-order chi connectivity index (χ0) is 11.1. The molecule has 2 atom stereocenters. The van der Waals surface area contributed by atoms with Crippen LogP contribution >= 0.6 is 0 Å². The monoisotopic (exact) mass is 210 g/mol. The summed E-state index contributed by atoms with van der Waals surface area (Å²) in [6, 6.07) is 9.57. The fourth-order valence-corrected chi connectivity index (χ4v) is 1.19. The summed E-state index contributed by atoms with van der Waals surface area (Å²) in [6.07, 6.45) is -0.371. The van der Waals surface area contributed by atoms with Gasteiger partial charge in [-0.2, -0.15) is 0 Å². The summed E-state index contributed by atoms with van der Waals surface area (Å²) in [6.45, 7) is 0.801. The van der Waals surface area contributed by atoms with Crippen LogP contribution in [0.1, 0.15) is 11.9 Å². The number of rotatable bonds is 6. The van der Waals surface area contributed by atoms with E-state index in [-0.39, 0.29) is 12.3 Å². The average Bonchev–Trinajstić information content (AvgIpc) is 2.31. The number of benzene rings is 1. The van der Waals surface area contributed by atoms with Crippen molar-refractivity contribution in [2.45, 2.75) is 12.3 Å². The van der Waals surface area contributed by atoms with Crippen LogP contribution in [0.5, 0.6) is 0 Å². The molecule has 0 aliphatic carbocycles. The minimum Gasteiger partial charge on any atom is -0.352 e. The molecule has 0 aliphatic rings. The highest BCUT2D eigenvalue weighted by atomic mass is 16.7. The second kappa shape index (κ2) is 6.53. The zero-order valence-corrected chi connectivity index (χ0v) is 8.93. The first-order chi connectivity index (χ1) is 7.27. The quantitative estimate of drug-likeness (QED) is 0.676. The Labute approximate surface area is 90.2 Å². The predicted octanol–water partition coefficient (Wildman–Crippen LogP) is 0.634. The zero-order valence-electron chi connectivity index (χ0n) is 8.93. The van der Waals surface area contributed by atoms with E-state index in [9.17, 15) is 0 Å². The summed E-state index contributed by atoms with van der Waals surface area (Å²) in [5, 5.41) is 0. The van der Waals surface area contributed by atoms with Crippen LogP contribution in [-0.2, 0) is 9.47 Å². The van der Waals surface area contributed by atoms with Crippen molar-refractivity contribution >= 4 is 0 Å². The van der Waals surface area contributed by atoms with Crippen molar-refractivity contribution in [1.29, 1.82) is 0 Å². The van der Waals surface area contributed by atoms with E-state index in [1.54, 1.807) is 7.11 Å². The van der Waals surface area contributed by atoms with Crippen LogP contribution < -0.4 is 11.5 Å². The first kappa shape index (κ1) is 12.1. The average molecular weight is 210 g/mol. The summed E-state index contributed by atoms with van der Waals surface area (Å²) in [7, 11) is 1.60. The van der Waals surface area contributed by atoms with Crippen LogP contribution in [0.3, 0.4) is 0 Å². The van der Waals surface area contributed by atoms with Crippen molar-refractivity contribution in [3.8, 4) is 0 Å². The minimum absolute atomic E-state index is 0.147. The highest BCUT2D eigenvalue weighted by Gasteiger charge is 2.11. The van der Waals surface area contributed by atoms with Gasteiger partial charge in [-0.25, -0.2) is 0 Å². The van der Waals surface area contributed by atoms with E-state index < -0.39 is 0 Å². The van der Waals surface area contributed by atoms with E-state index in [4.69, 9.17) is 20.9 Å². The lowest BCUT2D eigenvalue weighted by molar-refractivity contribution is -0.130. The fourth-order valence-electron chi connectivity index (χ4n) is 1.19. The first-order valence-corrected chi connectivity index (χ1v) is 4.93. The van der Waals surface area contributed by atoms with Crippen molar-refractivity contribution in [3.63, 3.8) is 0 Å². The predicted molar refractivity (Wildman–Crippen MR) is 59.2 cm³/mol. The molecular formula is C11H18N2O2. The molecule has 0 bridgehead atoms. The largest absolute Gasteiger partial charge is 0.352 e. The Morgan fingerprint density at radius 1 is 1.27 bits per heavy atom. The van der Waals surface area contributed by atoms with E-state index in [2.05, 4.69) is 0 Å². The van der Waals surface area contributed by atoms with Gasteiger partial charge in [0.2, 0.25) is 0 Å². The van der Waals surface area contributed by atoms with Crippen LogP contribution in [0, 0.1) is 0 Å². The Kier molecular flexibility index (Phi) is 5.28. The standard InChI is InChI=1S/C11H18N2O2/c1-14-11(15-8-10(13)7-12)9-5-3-2-4-6-9/h2-6,10-11H,7-8,12-13H2,1H3. The maximum atomic E-state index is 5.65. The van der Waals surface area contributed by atoms with Crippen molar-refractivity contribution in [2.24, 2.45) is 11.5 Å². The van der Waals surface area contributed by atoms with Gasteiger partial charge in [-0.3, -0.25) is 0 Å². The number of ether oxygens (including phenoxy) is 2. The van der Waals surface area contributed by atoms with E-state index >= 15 is 0 Å². The minimum atomic E-state index is -0.371. The maximum absolute atomic E-state index is 5.65. The molecule has 4 heteroatoms. The highest BCUT2D eigenvalue weighted by Crippen LogP contribution is 2.17. The summed E-state index contributed by atoms with van der Waals surface area (Å²) in [4.78, 5) is 0. The Hall–Kier alpha value is -0.940. The molecule has 0 heterocycles. The molecule has 1 aromatic rings. The van der Waals surface area contributed by atoms with Gasteiger partial charge in [0.25, 0.3) is 0 Å². The first-order valence-electron chi connectivity index (χ1n) is 4.93. The topological polar surface area (TPSA) is 70.5 Å². The second-order valence-corrected chi connectivity index (χ2v) is 3.31. The van der Waals surface area contributed by atoms with Gasteiger partial charge in [-0.15, -0.1) is 0 Å². The smallest absolute Gasteiger partial charge is 0.183 e. The molecule has 1 aromatic carbocycles. The second-order valence-electron chi connectivity index (χ2n) is 3.31. The van der Waals surface area contributed by atoms with E-state index in [1.807, 2.05) is 30.3 Å². The molecule has 0 amide bonds. The SMILES string of the molecule is COC(OCC(N)CN)c1ccccc1. The Morgan fingerprint density at radius 3 is 2.47 bits per heavy atom. The van der Waals surface area contributed by atoms with Crippen LogP contribution in [0.4, 0.5) is 0 Å². The normalized spacial score (nSPS) is 14.9. The third kappa shape index (κ3) is 3.97. The Morgan fingerprint density at radius 2 is 1.93 bits per heavy atom. The lowest BCUT2D eigenvalue weighted by Crippen LogP contribution is -2.35. The maximum Gasteiger partial charge on any atom is 0.183 e. The van der Waals surface area contributed by atoms with Crippen molar-refractivity contribution in [1.82, 2.24) is 0 Å². The molecule has 0 fully saturated rings. The van der Waals surface area contributed by atoms with Gasteiger partial charge in [0.05, 0.1) is 6.61 Å². The van der Waals surface area contributed by atoms with Crippen LogP contribution in [0.2, 0.25) is 0 Å². The molecule has 84 valence electrons. The molecule has 2 unspecified atom stereocenters. The molecule has 0 saturated heterocycles. The fraction of sp³-hybridized carbons (Fsp3) is 0.455. The summed E-state index contributed by atoms with van der Waals surface area (Å²) in [5.74, 6) is 0. The molecule has 0 radical (unpaired) electrons. The molecule has 0 saturated carbocycles. The lowest BCUT2D eigenvalue weighted by Gasteiger charge is -2.18. The van der Waals surface area contributed by atoms with Gasteiger partial charge in [0.15, 0.2) is 6.29 Å². The van der Waals surface area contributed by atoms with Crippen molar-refractivity contribution in [2.75, 3.05) is 20.3 Å². The molecule has 4 N–H and O–H groups in total. The van der Waals surface area contributed by atoms with Gasteiger partial charge in [0.1, 0.15) is 0 Å². The van der Waals surface area contributed by atoms with Gasteiger partial charge >= 0.3 is 0 Å². The third-order valence-corrected chi connectivity index (χ3v) is 2.05. The van der Waals surface area contributed by atoms with Gasteiger partial charge in [0, 0.05) is 25.3 Å². The van der Waals surface area contributed by atoms with Crippen molar-refractivity contribution < 1.29 is 9.47 Å². The molecule has 4 nitrogen and oxygen atoms in total. The number of nitrogens with two attached hydrogens (primary N) is 2. The van der Waals surface area contributed by atoms with Crippen LogP contribution in [0.15, 0.2) is 30.3 Å². The number of hydrogen-bond acceptors (Lipinski definition) is 4. The molecule has 0 aliphatic heterocycles. The van der Waals surface area contributed by atoms with Gasteiger partial charge in [-0.05, 0) is 0 Å². The third-order valence-electron chi connectivity index (χ3n) is 2.05. The Balaban J connectivity index is 2.50. The highest BCUT2D eigenvalue weighted by molar-refractivity contribution is 5.15. The Bertz CT molecular complexity index is 267. The van der Waals surface area contributed by atoms with E-state index in [0.29, 0.717) is 13.2 Å². The molecule has 0 spiro atoms. The molecule has 15 heavy (non-hydrogen) atoms. The van der Waals surface area contributed by atoms with Crippen LogP contribution in [0.25, 0.3) is 0 Å². The van der Waals surface area contributed by atoms with Crippen LogP contribution in [-0.4, -0.2) is 26.3 Å². The van der Waals surface area contributed by atoms with Crippen molar-refractivity contribution in [3.05, 3.63) is 35.9 Å². The summed E-state index contributed by atoms with van der Waals surface area (Å²) in [5.41, 5.74) is 12.0. The summed E-state index contributed by atoms with van der Waals surface area (Å²) < 4.78 is 10.7. The molecule has 1 rings (SSSR count). The molecule has 0 aromatic heterocycles. The molecular weight excluding hydrogens is 192 g/mol. The van der Waals surface area contributed by atoms with E-state index in [1.165, 1.54) is 0 Å². The summed E-state index contributed by atoms with van der Waals surface area (Å²) >= 11 is 0. The number of hydrogen-bond donors (Lipinski definition) is 2. The number of methoxy groups -OCH3 is 1.